The Morgan fingerprint density at radius 2 is 1.38 bits per heavy atom. The van der Waals surface area contributed by atoms with Gasteiger partial charge in [-0.3, -0.25) is 14.4 Å². The fourth-order valence-corrected chi connectivity index (χ4v) is 3.14. The van der Waals surface area contributed by atoms with Gasteiger partial charge in [-0.1, -0.05) is 48.5 Å². The first-order valence-corrected chi connectivity index (χ1v) is 10.9. The lowest BCUT2D eigenvalue weighted by molar-refractivity contribution is -0.131. The van der Waals surface area contributed by atoms with E-state index in [0.29, 0.717) is 37.9 Å². The smallest absolute Gasteiger partial charge is 0.246 e. The minimum absolute atomic E-state index is 0.335. The molecule has 8 nitrogen and oxygen atoms in total. The minimum atomic E-state index is -0.821. The van der Waals surface area contributed by atoms with E-state index in [1.807, 2.05) is 48.5 Å². The summed E-state index contributed by atoms with van der Waals surface area (Å²) in [5, 5.41) is 8.30. The van der Waals surface area contributed by atoms with Gasteiger partial charge in [0.1, 0.15) is 12.1 Å². The molecule has 3 atom stereocenters. The Bertz CT molecular complexity index is 858. The van der Waals surface area contributed by atoms with Crippen LogP contribution in [0.5, 0.6) is 0 Å². The van der Waals surface area contributed by atoms with Crippen molar-refractivity contribution in [3.8, 4) is 0 Å². The van der Waals surface area contributed by atoms with Crippen LogP contribution < -0.4 is 27.4 Å². The Balaban J connectivity index is 2.09. The number of amides is 3. The van der Waals surface area contributed by atoms with E-state index in [2.05, 4.69) is 16.0 Å². The SMILES string of the molecule is C[C@@H](N)C(=O)N[C@@H](CCc1ccccc1)C(=O)N[C@@H](CCCN)C(=O)Nc1ccccc1. The van der Waals surface area contributed by atoms with E-state index in [9.17, 15) is 14.4 Å². The van der Waals surface area contributed by atoms with Gasteiger partial charge in [0.2, 0.25) is 17.7 Å². The molecule has 0 spiro atoms. The van der Waals surface area contributed by atoms with Crippen molar-refractivity contribution in [2.75, 3.05) is 11.9 Å². The number of hydrogen-bond acceptors (Lipinski definition) is 5. The van der Waals surface area contributed by atoms with Gasteiger partial charge in [0.05, 0.1) is 6.04 Å². The van der Waals surface area contributed by atoms with Crippen molar-refractivity contribution < 1.29 is 14.4 Å². The Morgan fingerprint density at radius 3 is 1.97 bits per heavy atom. The number of para-hydroxylation sites is 1. The molecule has 172 valence electrons. The lowest BCUT2D eigenvalue weighted by atomic mass is 10.0. The normalized spacial score (nSPS) is 13.5. The van der Waals surface area contributed by atoms with Crippen molar-refractivity contribution in [2.45, 2.75) is 50.7 Å². The molecule has 3 amide bonds. The first kappa shape index (κ1) is 25.0. The van der Waals surface area contributed by atoms with Crippen molar-refractivity contribution in [1.82, 2.24) is 10.6 Å². The van der Waals surface area contributed by atoms with Gasteiger partial charge in [0.25, 0.3) is 0 Å². The molecule has 2 rings (SSSR count). The summed E-state index contributed by atoms with van der Waals surface area (Å²) in [5.41, 5.74) is 13.0. The van der Waals surface area contributed by atoms with E-state index < -0.39 is 29.9 Å². The molecule has 0 saturated heterocycles. The van der Waals surface area contributed by atoms with Crippen LogP contribution in [0.4, 0.5) is 5.69 Å². The summed E-state index contributed by atoms with van der Waals surface area (Å²) in [6.07, 6.45) is 1.90. The average Bonchev–Trinajstić information content (AvgIpc) is 2.80. The van der Waals surface area contributed by atoms with Gasteiger partial charge in [-0.15, -0.1) is 0 Å². The zero-order valence-corrected chi connectivity index (χ0v) is 18.4. The van der Waals surface area contributed by atoms with Gasteiger partial charge >= 0.3 is 0 Å². The van der Waals surface area contributed by atoms with Crippen LogP contribution in [0.25, 0.3) is 0 Å². The zero-order valence-electron chi connectivity index (χ0n) is 18.4. The number of nitrogens with two attached hydrogens (primary N) is 2. The van der Waals surface area contributed by atoms with Crippen LogP contribution >= 0.6 is 0 Å². The van der Waals surface area contributed by atoms with Gasteiger partial charge in [0, 0.05) is 5.69 Å². The molecule has 0 saturated carbocycles. The van der Waals surface area contributed by atoms with Gasteiger partial charge in [-0.05, 0) is 56.8 Å². The number of carbonyl (C=O) groups excluding carboxylic acids is 3. The summed E-state index contributed by atoms with van der Waals surface area (Å²) < 4.78 is 0. The van der Waals surface area contributed by atoms with E-state index in [-0.39, 0.29) is 5.91 Å². The molecule has 0 fully saturated rings. The topological polar surface area (TPSA) is 139 Å². The molecular formula is C24H33N5O3. The summed E-state index contributed by atoms with van der Waals surface area (Å²) in [5.74, 6) is -1.19. The van der Waals surface area contributed by atoms with Crippen LogP contribution in [0.2, 0.25) is 0 Å². The molecular weight excluding hydrogens is 406 g/mol. The first-order valence-electron chi connectivity index (χ1n) is 10.9. The predicted molar refractivity (Wildman–Crippen MR) is 126 cm³/mol. The molecule has 2 aromatic carbocycles. The number of carbonyl (C=O) groups is 3. The summed E-state index contributed by atoms with van der Waals surface area (Å²) >= 11 is 0. The number of benzene rings is 2. The summed E-state index contributed by atoms with van der Waals surface area (Å²) in [7, 11) is 0. The van der Waals surface area contributed by atoms with E-state index in [1.54, 1.807) is 19.1 Å². The fourth-order valence-electron chi connectivity index (χ4n) is 3.14. The van der Waals surface area contributed by atoms with Crippen molar-refractivity contribution in [3.63, 3.8) is 0 Å². The van der Waals surface area contributed by atoms with Crippen molar-refractivity contribution in [1.29, 1.82) is 0 Å². The number of anilines is 1. The number of hydrogen-bond donors (Lipinski definition) is 5. The average molecular weight is 440 g/mol. The summed E-state index contributed by atoms with van der Waals surface area (Å²) in [6.45, 7) is 1.95. The Labute approximate surface area is 189 Å². The van der Waals surface area contributed by atoms with Crippen LogP contribution in [0.3, 0.4) is 0 Å². The summed E-state index contributed by atoms with van der Waals surface area (Å²) in [6, 6.07) is 16.3. The number of nitrogens with one attached hydrogen (secondary N) is 3. The fraction of sp³-hybridized carbons (Fsp3) is 0.375. The largest absolute Gasteiger partial charge is 0.343 e. The maximum Gasteiger partial charge on any atom is 0.246 e. The lowest BCUT2D eigenvalue weighted by Crippen LogP contribution is -2.54. The number of rotatable bonds is 12. The molecule has 32 heavy (non-hydrogen) atoms. The van der Waals surface area contributed by atoms with Crippen LogP contribution in [0.1, 0.15) is 31.7 Å². The van der Waals surface area contributed by atoms with Crippen LogP contribution in [-0.4, -0.2) is 42.4 Å². The minimum Gasteiger partial charge on any atom is -0.343 e. The molecule has 7 N–H and O–H groups in total. The van der Waals surface area contributed by atoms with Crippen molar-refractivity contribution in [2.24, 2.45) is 11.5 Å². The standard InChI is InChI=1S/C24H33N5O3/c1-17(26)22(30)28-21(15-14-18-9-4-2-5-10-18)24(32)29-20(13-8-16-25)23(31)27-19-11-6-3-7-12-19/h2-7,9-12,17,20-21H,8,13-16,25-26H2,1H3,(H,27,31)(H,28,30)(H,29,32)/t17-,20+,21+/m1/s1. The molecule has 0 radical (unpaired) electrons. The van der Waals surface area contributed by atoms with Gasteiger partial charge in [-0.2, -0.15) is 0 Å². The highest BCUT2D eigenvalue weighted by Gasteiger charge is 2.27. The second kappa shape index (κ2) is 13.2. The molecule has 2 aromatic rings. The van der Waals surface area contributed by atoms with Crippen molar-refractivity contribution >= 4 is 23.4 Å². The zero-order chi connectivity index (χ0) is 23.3. The molecule has 0 bridgehead atoms. The van der Waals surface area contributed by atoms with E-state index in [0.717, 1.165) is 5.56 Å². The molecule has 0 aromatic heterocycles. The molecule has 8 heteroatoms. The van der Waals surface area contributed by atoms with E-state index >= 15 is 0 Å². The van der Waals surface area contributed by atoms with Crippen LogP contribution in [0, 0.1) is 0 Å². The first-order chi connectivity index (χ1) is 15.4. The molecule has 0 heterocycles. The second-order valence-corrected chi connectivity index (χ2v) is 7.72. The van der Waals surface area contributed by atoms with Gasteiger partial charge in [0.15, 0.2) is 0 Å². The monoisotopic (exact) mass is 439 g/mol. The Morgan fingerprint density at radius 1 is 0.812 bits per heavy atom. The third-order valence-corrected chi connectivity index (χ3v) is 4.98. The molecule has 0 aliphatic heterocycles. The van der Waals surface area contributed by atoms with E-state index in [1.165, 1.54) is 0 Å². The highest BCUT2D eigenvalue weighted by molar-refractivity contribution is 5.98. The maximum absolute atomic E-state index is 13.1. The second-order valence-electron chi connectivity index (χ2n) is 7.72. The third-order valence-electron chi connectivity index (χ3n) is 4.98. The van der Waals surface area contributed by atoms with Gasteiger partial charge in [-0.25, -0.2) is 0 Å². The highest BCUT2D eigenvalue weighted by atomic mass is 16.2. The Hall–Kier alpha value is -3.23. The predicted octanol–water partition coefficient (Wildman–Crippen LogP) is 1.31. The lowest BCUT2D eigenvalue weighted by Gasteiger charge is -2.24. The van der Waals surface area contributed by atoms with E-state index in [4.69, 9.17) is 11.5 Å². The van der Waals surface area contributed by atoms with Crippen LogP contribution in [-0.2, 0) is 20.8 Å². The maximum atomic E-state index is 13.1. The molecule has 0 aliphatic carbocycles. The molecule has 0 aliphatic rings. The highest BCUT2D eigenvalue weighted by Crippen LogP contribution is 2.10. The van der Waals surface area contributed by atoms with Gasteiger partial charge < -0.3 is 27.4 Å². The Kier molecular flexibility index (Phi) is 10.4. The van der Waals surface area contributed by atoms with Crippen LogP contribution in [0.15, 0.2) is 60.7 Å². The number of aryl methyl sites for hydroxylation is 1. The molecule has 0 unspecified atom stereocenters. The summed E-state index contributed by atoms with van der Waals surface area (Å²) in [4.78, 5) is 38.1. The quantitative estimate of drug-likeness (QED) is 0.339. The third kappa shape index (κ3) is 8.49. The van der Waals surface area contributed by atoms with Crippen molar-refractivity contribution in [3.05, 3.63) is 66.2 Å².